The first-order valence-electron chi connectivity index (χ1n) is 9.58. The van der Waals surface area contributed by atoms with Gasteiger partial charge in [0.05, 0.1) is 11.5 Å². The van der Waals surface area contributed by atoms with Gasteiger partial charge >= 0.3 is 0 Å². The third-order valence-corrected chi connectivity index (χ3v) is 5.09. The first kappa shape index (κ1) is 23.0. The molecule has 0 aromatic heterocycles. The number of thioether (sulfide) groups is 1. The zero-order valence-electron chi connectivity index (χ0n) is 16.3. The maximum atomic E-state index is 12.4. The van der Waals surface area contributed by atoms with E-state index in [-0.39, 0.29) is 17.7 Å². The smallest absolute Gasteiger partial charge is 0.283 e. The molecule has 27 heavy (non-hydrogen) atoms. The molecule has 0 aliphatic heterocycles. The number of benzene rings is 1. The molecule has 0 aliphatic carbocycles. The molecule has 1 aromatic carbocycles. The molecular weight excluding hydrogens is 362 g/mol. The van der Waals surface area contributed by atoms with Gasteiger partial charge in [-0.05, 0) is 30.3 Å². The maximum Gasteiger partial charge on any atom is 0.283 e. The first-order chi connectivity index (χ1) is 13.0. The van der Waals surface area contributed by atoms with Crippen LogP contribution in [-0.2, 0) is 4.79 Å². The van der Waals surface area contributed by atoms with E-state index in [1.165, 1.54) is 25.7 Å². The Labute approximate surface area is 166 Å². The lowest BCUT2D eigenvalue weighted by Gasteiger charge is -2.12. The molecule has 1 aromatic rings. The van der Waals surface area contributed by atoms with Crippen LogP contribution in [0.15, 0.2) is 29.2 Å². The topological polar surface area (TPSA) is 101 Å². The summed E-state index contributed by atoms with van der Waals surface area (Å²) in [7, 11) is 0. The van der Waals surface area contributed by atoms with Crippen molar-refractivity contribution in [3.05, 3.63) is 29.8 Å². The maximum absolute atomic E-state index is 12.4. The summed E-state index contributed by atoms with van der Waals surface area (Å²) in [4.78, 5) is 36.1. The van der Waals surface area contributed by atoms with E-state index in [1.807, 2.05) is 0 Å². The summed E-state index contributed by atoms with van der Waals surface area (Å²) in [6, 6.07) is 6.92. The number of amides is 3. The SMILES string of the molecule is CCCCCCCCNC(=O)Sc1ccccc1C(=O)NC[C@@H](C)C(N)=O. The van der Waals surface area contributed by atoms with Crippen molar-refractivity contribution in [3.63, 3.8) is 0 Å². The molecular formula is C20H31N3O3S. The molecule has 0 bridgehead atoms. The highest BCUT2D eigenvalue weighted by Gasteiger charge is 2.16. The number of rotatable bonds is 12. The van der Waals surface area contributed by atoms with E-state index in [9.17, 15) is 14.4 Å². The summed E-state index contributed by atoms with van der Waals surface area (Å²) in [5.74, 6) is -1.24. The Morgan fingerprint density at radius 3 is 2.41 bits per heavy atom. The minimum absolute atomic E-state index is 0.164. The molecule has 1 atom stereocenters. The number of carbonyl (C=O) groups is 3. The zero-order chi connectivity index (χ0) is 20.1. The lowest BCUT2D eigenvalue weighted by atomic mass is 10.1. The summed E-state index contributed by atoms with van der Waals surface area (Å²) < 4.78 is 0. The second-order valence-corrected chi connectivity index (χ2v) is 7.61. The van der Waals surface area contributed by atoms with Crippen molar-refractivity contribution in [1.29, 1.82) is 0 Å². The Balaban J connectivity index is 2.45. The van der Waals surface area contributed by atoms with Crippen LogP contribution in [0.25, 0.3) is 0 Å². The van der Waals surface area contributed by atoms with Crippen LogP contribution in [0.3, 0.4) is 0 Å². The first-order valence-corrected chi connectivity index (χ1v) is 10.4. The number of hydrogen-bond acceptors (Lipinski definition) is 4. The number of primary amides is 1. The normalized spacial score (nSPS) is 11.6. The molecule has 6 nitrogen and oxygen atoms in total. The molecule has 1 rings (SSSR count). The Hall–Kier alpha value is -2.02. The van der Waals surface area contributed by atoms with E-state index in [2.05, 4.69) is 17.6 Å². The highest BCUT2D eigenvalue weighted by atomic mass is 32.2. The third-order valence-electron chi connectivity index (χ3n) is 4.19. The van der Waals surface area contributed by atoms with Crippen LogP contribution in [0.1, 0.15) is 62.7 Å². The molecule has 0 spiro atoms. The van der Waals surface area contributed by atoms with Crippen LogP contribution in [0.5, 0.6) is 0 Å². The standard InChI is InChI=1S/C20H31N3O3S/c1-3-4-5-6-7-10-13-22-20(26)27-17-12-9-8-11-16(17)19(25)23-14-15(2)18(21)24/h8-9,11-12,15H,3-7,10,13-14H2,1-2H3,(H2,21,24)(H,22,26)(H,23,25)/t15-/m1/s1. The van der Waals surface area contributed by atoms with Crippen LogP contribution < -0.4 is 16.4 Å². The van der Waals surface area contributed by atoms with Gasteiger partial charge in [-0.2, -0.15) is 0 Å². The van der Waals surface area contributed by atoms with Crippen molar-refractivity contribution in [2.75, 3.05) is 13.1 Å². The van der Waals surface area contributed by atoms with Gasteiger partial charge in [0, 0.05) is 18.0 Å². The van der Waals surface area contributed by atoms with E-state index in [4.69, 9.17) is 5.73 Å². The van der Waals surface area contributed by atoms with Gasteiger partial charge in [0.2, 0.25) is 5.91 Å². The molecule has 4 N–H and O–H groups in total. The van der Waals surface area contributed by atoms with Gasteiger partial charge in [-0.25, -0.2) is 0 Å². The van der Waals surface area contributed by atoms with Crippen LogP contribution in [0.4, 0.5) is 4.79 Å². The monoisotopic (exact) mass is 393 g/mol. The second-order valence-electron chi connectivity index (χ2n) is 6.59. The van der Waals surface area contributed by atoms with Gasteiger partial charge in [-0.1, -0.05) is 58.1 Å². The molecule has 0 heterocycles. The highest BCUT2D eigenvalue weighted by molar-refractivity contribution is 8.13. The predicted molar refractivity (Wildman–Crippen MR) is 110 cm³/mol. The number of hydrogen-bond donors (Lipinski definition) is 3. The van der Waals surface area contributed by atoms with Crippen molar-refractivity contribution in [2.45, 2.75) is 57.3 Å². The van der Waals surface area contributed by atoms with Crippen molar-refractivity contribution < 1.29 is 14.4 Å². The van der Waals surface area contributed by atoms with Crippen LogP contribution >= 0.6 is 11.8 Å². The fourth-order valence-corrected chi connectivity index (χ4v) is 3.21. The van der Waals surface area contributed by atoms with Gasteiger partial charge in [0.25, 0.3) is 11.1 Å². The highest BCUT2D eigenvalue weighted by Crippen LogP contribution is 2.23. The van der Waals surface area contributed by atoms with E-state index < -0.39 is 11.8 Å². The van der Waals surface area contributed by atoms with Gasteiger partial charge in [0.15, 0.2) is 0 Å². The summed E-state index contributed by atoms with van der Waals surface area (Å²) in [6.45, 7) is 4.65. The van der Waals surface area contributed by atoms with Gasteiger partial charge in [-0.3, -0.25) is 14.4 Å². The average molecular weight is 394 g/mol. The summed E-state index contributed by atoms with van der Waals surface area (Å²) in [5.41, 5.74) is 5.61. The minimum Gasteiger partial charge on any atom is -0.369 e. The molecule has 3 amide bonds. The van der Waals surface area contributed by atoms with E-state index in [0.717, 1.165) is 24.6 Å². The van der Waals surface area contributed by atoms with Crippen LogP contribution in [-0.4, -0.2) is 30.1 Å². The van der Waals surface area contributed by atoms with E-state index >= 15 is 0 Å². The molecule has 0 aliphatic rings. The number of unbranched alkanes of at least 4 members (excludes halogenated alkanes) is 5. The van der Waals surface area contributed by atoms with Crippen molar-refractivity contribution >= 4 is 28.8 Å². The van der Waals surface area contributed by atoms with Crippen molar-refractivity contribution in [1.82, 2.24) is 10.6 Å². The lowest BCUT2D eigenvalue weighted by molar-refractivity contribution is -0.121. The third kappa shape index (κ3) is 9.47. The van der Waals surface area contributed by atoms with Crippen LogP contribution in [0.2, 0.25) is 0 Å². The Morgan fingerprint density at radius 1 is 1.04 bits per heavy atom. The molecule has 0 fully saturated rings. The van der Waals surface area contributed by atoms with Crippen LogP contribution in [0, 0.1) is 5.92 Å². The lowest BCUT2D eigenvalue weighted by Crippen LogP contribution is -2.34. The largest absolute Gasteiger partial charge is 0.369 e. The van der Waals surface area contributed by atoms with Gasteiger partial charge in [0.1, 0.15) is 0 Å². The molecule has 7 heteroatoms. The summed E-state index contributed by atoms with van der Waals surface area (Å²) in [6.07, 6.45) is 7.01. The van der Waals surface area contributed by atoms with Crippen molar-refractivity contribution in [2.24, 2.45) is 11.7 Å². The Bertz CT molecular complexity index is 622. The zero-order valence-corrected chi connectivity index (χ0v) is 17.1. The molecule has 0 unspecified atom stereocenters. The molecule has 0 saturated heterocycles. The predicted octanol–water partition coefficient (Wildman–Crippen LogP) is 3.70. The van der Waals surface area contributed by atoms with E-state index in [1.54, 1.807) is 31.2 Å². The van der Waals surface area contributed by atoms with Gasteiger partial charge in [-0.15, -0.1) is 0 Å². The van der Waals surface area contributed by atoms with Gasteiger partial charge < -0.3 is 16.4 Å². The fourth-order valence-electron chi connectivity index (χ4n) is 2.42. The molecule has 0 saturated carbocycles. The Kier molecular flexibility index (Phi) is 11.2. The molecule has 0 radical (unpaired) electrons. The van der Waals surface area contributed by atoms with Crippen molar-refractivity contribution in [3.8, 4) is 0 Å². The average Bonchev–Trinajstić information content (AvgIpc) is 2.65. The number of nitrogens with one attached hydrogen (secondary N) is 2. The Morgan fingerprint density at radius 2 is 1.70 bits per heavy atom. The number of nitrogens with two attached hydrogens (primary N) is 1. The summed E-state index contributed by atoms with van der Waals surface area (Å²) >= 11 is 1.01. The fraction of sp³-hybridized carbons (Fsp3) is 0.550. The minimum atomic E-state index is -0.466. The molecule has 150 valence electrons. The quantitative estimate of drug-likeness (QED) is 0.372. The summed E-state index contributed by atoms with van der Waals surface area (Å²) in [5, 5.41) is 5.40. The second kappa shape index (κ2) is 13.2. The van der Waals surface area contributed by atoms with E-state index in [0.29, 0.717) is 17.0 Å². The number of carbonyl (C=O) groups excluding carboxylic acids is 3.